The maximum atomic E-state index is 9.49. The minimum absolute atomic E-state index is 0.348. The molecule has 1 aromatic carbocycles. The first-order valence-electron chi connectivity index (χ1n) is 9.31. The molecule has 1 N–H and O–H groups in total. The van der Waals surface area contributed by atoms with Crippen molar-refractivity contribution in [3.63, 3.8) is 0 Å². The molecule has 5 nitrogen and oxygen atoms in total. The smallest absolute Gasteiger partial charge is 0.189 e. The Hall–Kier alpha value is -2.82. The van der Waals surface area contributed by atoms with Crippen molar-refractivity contribution in [2.24, 2.45) is 0 Å². The fourth-order valence-electron chi connectivity index (χ4n) is 3.94. The molecular weight excluding hydrogens is 386 g/mol. The van der Waals surface area contributed by atoms with Crippen molar-refractivity contribution in [1.29, 1.82) is 5.26 Å². The van der Waals surface area contributed by atoms with Gasteiger partial charge in [0, 0.05) is 23.7 Å². The van der Waals surface area contributed by atoms with Crippen molar-refractivity contribution in [3.8, 4) is 6.07 Å². The molecule has 0 aliphatic heterocycles. The van der Waals surface area contributed by atoms with Crippen LogP contribution >= 0.6 is 23.6 Å². The first-order chi connectivity index (χ1) is 13.7. The molecule has 1 saturated carbocycles. The highest BCUT2D eigenvalue weighted by molar-refractivity contribution is 7.71. The monoisotopic (exact) mass is 403 g/mol. The van der Waals surface area contributed by atoms with E-state index in [0.29, 0.717) is 16.2 Å². The molecule has 1 fully saturated rings. The predicted octanol–water partition coefficient (Wildman–Crippen LogP) is 6.11. The Morgan fingerprint density at radius 3 is 2.82 bits per heavy atom. The lowest BCUT2D eigenvalue weighted by Gasteiger charge is -2.19. The lowest BCUT2D eigenvalue weighted by Crippen LogP contribution is -2.10. The Labute approximate surface area is 171 Å². The van der Waals surface area contributed by atoms with Crippen LogP contribution in [0.4, 0.5) is 10.9 Å². The van der Waals surface area contributed by atoms with Gasteiger partial charge >= 0.3 is 0 Å². The second-order valence-corrected chi connectivity index (χ2v) is 8.44. The van der Waals surface area contributed by atoms with Crippen LogP contribution in [-0.2, 0) is 0 Å². The molecule has 1 aliphatic carbocycles. The second kappa shape index (κ2) is 6.97. The summed E-state index contributed by atoms with van der Waals surface area (Å²) in [5.74, 6) is 0.734. The number of rotatable bonds is 3. The Kier molecular flexibility index (Phi) is 4.30. The zero-order valence-corrected chi connectivity index (χ0v) is 16.7. The molecular formula is C21H17N5S2. The summed E-state index contributed by atoms with van der Waals surface area (Å²) in [6.07, 6.45) is 6.41. The van der Waals surface area contributed by atoms with E-state index in [2.05, 4.69) is 32.0 Å². The molecule has 1 aliphatic rings. The van der Waals surface area contributed by atoms with Crippen molar-refractivity contribution in [1.82, 2.24) is 14.5 Å². The summed E-state index contributed by atoms with van der Waals surface area (Å²) >= 11 is 7.26. The van der Waals surface area contributed by atoms with Crippen LogP contribution in [0.3, 0.4) is 0 Å². The fourth-order valence-corrected chi connectivity index (χ4v) is 5.16. The molecule has 0 atom stereocenters. The Balaban J connectivity index is 1.62. The number of hydrogen-bond acceptors (Lipinski definition) is 6. The van der Waals surface area contributed by atoms with Crippen LogP contribution in [0, 0.1) is 16.0 Å². The van der Waals surface area contributed by atoms with Crippen LogP contribution in [0.5, 0.6) is 0 Å². The summed E-state index contributed by atoms with van der Waals surface area (Å²) in [6.45, 7) is 0. The van der Waals surface area contributed by atoms with E-state index in [0.717, 1.165) is 44.9 Å². The number of nitrogens with one attached hydrogen (secondary N) is 1. The average molecular weight is 404 g/mol. The summed E-state index contributed by atoms with van der Waals surface area (Å²) in [5.41, 5.74) is 2.54. The molecule has 0 bridgehead atoms. The largest absolute Gasteiger partial charge is 0.328 e. The van der Waals surface area contributed by atoms with Gasteiger partial charge in [-0.05, 0) is 31.0 Å². The van der Waals surface area contributed by atoms with Crippen molar-refractivity contribution in [3.05, 3.63) is 52.8 Å². The van der Waals surface area contributed by atoms with E-state index in [9.17, 15) is 5.26 Å². The van der Waals surface area contributed by atoms with Crippen LogP contribution in [0.1, 0.15) is 37.3 Å². The van der Waals surface area contributed by atoms with Gasteiger partial charge in [0.1, 0.15) is 16.5 Å². The maximum Gasteiger partial charge on any atom is 0.189 e. The molecule has 3 heterocycles. The van der Waals surface area contributed by atoms with E-state index in [1.165, 1.54) is 12.8 Å². The summed E-state index contributed by atoms with van der Waals surface area (Å²) in [6, 6.07) is 14.5. The number of para-hydroxylation sites is 1. The third kappa shape index (κ3) is 2.95. The van der Waals surface area contributed by atoms with Crippen LogP contribution in [0.15, 0.2) is 42.6 Å². The number of fused-ring (bicyclic) bond motifs is 2. The van der Waals surface area contributed by atoms with E-state index in [-0.39, 0.29) is 0 Å². The molecule has 0 amide bonds. The van der Waals surface area contributed by atoms with E-state index in [1.807, 2.05) is 36.5 Å². The fraction of sp³-hybridized carbons (Fsp3) is 0.238. The number of anilines is 2. The molecule has 5 rings (SSSR count). The lowest BCUT2D eigenvalue weighted by atomic mass is 10.1. The van der Waals surface area contributed by atoms with Crippen LogP contribution in [-0.4, -0.2) is 14.5 Å². The molecule has 0 saturated heterocycles. The van der Waals surface area contributed by atoms with Gasteiger partial charge in [-0.3, -0.25) is 0 Å². The zero-order chi connectivity index (χ0) is 19.1. The van der Waals surface area contributed by atoms with Gasteiger partial charge in [-0.2, -0.15) is 5.26 Å². The van der Waals surface area contributed by atoms with Crippen molar-refractivity contribution in [2.75, 3.05) is 5.32 Å². The maximum absolute atomic E-state index is 9.49. The third-order valence-electron chi connectivity index (χ3n) is 5.26. The summed E-state index contributed by atoms with van der Waals surface area (Å²) in [4.78, 5) is 9.17. The van der Waals surface area contributed by atoms with Gasteiger partial charge in [0.05, 0.1) is 21.3 Å². The SMILES string of the molecule is N#Cc1cc2cnc(Nc3nc4ccccc4s3)cc2n(C2CCCC2)c1=S. The number of pyridine rings is 2. The van der Waals surface area contributed by atoms with Crippen molar-refractivity contribution >= 4 is 55.6 Å². The number of benzene rings is 1. The second-order valence-electron chi connectivity index (χ2n) is 7.02. The minimum Gasteiger partial charge on any atom is -0.328 e. The van der Waals surface area contributed by atoms with Gasteiger partial charge in [-0.25, -0.2) is 9.97 Å². The van der Waals surface area contributed by atoms with Gasteiger partial charge in [0.2, 0.25) is 0 Å². The molecule has 0 radical (unpaired) electrons. The van der Waals surface area contributed by atoms with Crippen LogP contribution < -0.4 is 5.32 Å². The van der Waals surface area contributed by atoms with Gasteiger partial charge in [-0.15, -0.1) is 0 Å². The van der Waals surface area contributed by atoms with Crippen LogP contribution in [0.25, 0.3) is 21.1 Å². The number of nitrogens with zero attached hydrogens (tertiary/aromatic N) is 4. The van der Waals surface area contributed by atoms with E-state index in [1.54, 1.807) is 11.3 Å². The Morgan fingerprint density at radius 2 is 2.04 bits per heavy atom. The number of nitriles is 1. The van der Waals surface area contributed by atoms with Gasteiger partial charge in [0.15, 0.2) is 5.13 Å². The summed E-state index contributed by atoms with van der Waals surface area (Å²) in [7, 11) is 0. The van der Waals surface area contributed by atoms with Crippen molar-refractivity contribution < 1.29 is 0 Å². The topological polar surface area (TPSA) is 66.5 Å². The standard InChI is InChI=1S/C21H17N5S2/c22-11-13-9-14-12-23-19(25-21-24-16-7-3-4-8-18(16)28-21)10-17(14)26(20(13)27)15-5-1-2-6-15/h3-4,7-10,12,15H,1-2,5-6H2,(H,23,24,25). The quantitative estimate of drug-likeness (QED) is 0.418. The highest BCUT2D eigenvalue weighted by Crippen LogP contribution is 2.34. The molecule has 3 aromatic heterocycles. The normalized spacial score (nSPS) is 14.5. The third-order valence-corrected chi connectivity index (χ3v) is 6.63. The summed E-state index contributed by atoms with van der Waals surface area (Å²) < 4.78 is 3.93. The van der Waals surface area contributed by atoms with Gasteiger partial charge in [0.25, 0.3) is 0 Å². The highest BCUT2D eigenvalue weighted by atomic mass is 32.1. The van der Waals surface area contributed by atoms with Gasteiger partial charge in [-0.1, -0.05) is 48.5 Å². The number of aromatic nitrogens is 3. The van der Waals surface area contributed by atoms with Crippen molar-refractivity contribution in [2.45, 2.75) is 31.7 Å². The first kappa shape index (κ1) is 17.3. The minimum atomic E-state index is 0.348. The van der Waals surface area contributed by atoms with Crippen LogP contribution in [0.2, 0.25) is 0 Å². The highest BCUT2D eigenvalue weighted by Gasteiger charge is 2.20. The molecule has 138 valence electrons. The van der Waals surface area contributed by atoms with E-state index >= 15 is 0 Å². The lowest BCUT2D eigenvalue weighted by molar-refractivity contribution is 0.527. The molecule has 0 unspecified atom stereocenters. The first-order valence-corrected chi connectivity index (χ1v) is 10.5. The molecule has 0 spiro atoms. The molecule has 4 aromatic rings. The molecule has 28 heavy (non-hydrogen) atoms. The summed E-state index contributed by atoms with van der Waals surface area (Å²) in [5, 5.41) is 14.6. The van der Waals surface area contributed by atoms with E-state index in [4.69, 9.17) is 12.2 Å². The number of hydrogen-bond donors (Lipinski definition) is 1. The average Bonchev–Trinajstić information content (AvgIpc) is 3.36. The predicted molar refractivity (Wildman–Crippen MR) is 116 cm³/mol. The number of thiazole rings is 1. The van der Waals surface area contributed by atoms with Gasteiger partial charge < -0.3 is 9.88 Å². The zero-order valence-electron chi connectivity index (χ0n) is 15.1. The Morgan fingerprint density at radius 1 is 1.21 bits per heavy atom. The van der Waals surface area contributed by atoms with E-state index < -0.39 is 0 Å². The Bertz CT molecular complexity index is 1260. The molecule has 7 heteroatoms.